The average molecular weight is 763 g/mol. The van der Waals surface area contributed by atoms with Crippen LogP contribution in [0.2, 0.25) is 0 Å². The standard InChI is InChI=1S/C35H41O13P3/c1-35(2,3)30-14-28-12-26-8-20(17-50(43,44)45)6-24(32(26)37)10-22-4-19(16-49(40,41)42)5-23(31(22)36)11-25-7-21(18-51(46,47)48)9-27(33(25)38)13-29(15-30)34(28)39/h4-9,14-15,36-39H,10-13,16-18H2,1-3H3,(H2,40,41,42)(H2,43,44,45)(H2,46,47,48). The molecular formula is C35H41O13P3. The molecule has 4 aromatic rings. The number of hydrogen-bond acceptors (Lipinski definition) is 13. The molecule has 0 heterocycles. The van der Waals surface area contributed by atoms with E-state index in [4.69, 9.17) is 0 Å². The molecule has 51 heavy (non-hydrogen) atoms. The van der Waals surface area contributed by atoms with Crippen LogP contribution in [0.4, 0.5) is 0 Å². The van der Waals surface area contributed by atoms with Crippen LogP contribution >= 0.6 is 23.8 Å². The molecule has 4 aromatic carbocycles. The Morgan fingerprint density at radius 2 is 0.627 bits per heavy atom. The maximum atomic E-state index is 12.1. The Labute approximate surface area is 296 Å². The number of hydrogen-bond donors (Lipinski definition) is 10. The lowest BCUT2D eigenvalue weighted by molar-refractivity contribution is -0.210. The highest BCUT2D eigenvalue weighted by molar-refractivity contribution is 7.56. The van der Waals surface area contributed by atoms with Crippen molar-refractivity contribution in [2.24, 2.45) is 0 Å². The van der Waals surface area contributed by atoms with Crippen LogP contribution in [0.3, 0.4) is 0 Å². The summed E-state index contributed by atoms with van der Waals surface area (Å²) in [5.41, 5.74) is 2.35. The summed E-state index contributed by atoms with van der Waals surface area (Å²) in [6, 6.07) is 11.8. The monoisotopic (exact) mass is 762 g/mol. The molecule has 1 aliphatic rings. The Morgan fingerprint density at radius 3 is 0.804 bits per heavy atom. The first-order valence-electron chi connectivity index (χ1n) is 15.8. The SMILES string of the molecule is CC(C)(C)c1cc2c(O)c(c1)Cc1cc(C[P+]([O-])(O)O)cc(c1O)Cc1cc(C[P+]([O-])(O)O)cc(c1O)Cc1cc(C[P+]([O-])(O)O)cc(c1O)C2. The van der Waals surface area contributed by atoms with Crippen molar-refractivity contribution in [1.29, 1.82) is 0 Å². The lowest BCUT2D eigenvalue weighted by Gasteiger charge is -2.24. The third-order valence-electron chi connectivity index (χ3n) is 8.81. The van der Waals surface area contributed by atoms with Crippen molar-refractivity contribution in [3.05, 3.63) is 115 Å². The molecule has 0 aromatic heterocycles. The molecule has 0 spiro atoms. The molecule has 0 saturated heterocycles. The zero-order valence-corrected chi connectivity index (χ0v) is 30.8. The van der Waals surface area contributed by atoms with Gasteiger partial charge in [-0.2, -0.15) is 0 Å². The molecule has 1 aliphatic carbocycles. The highest BCUT2D eigenvalue weighted by atomic mass is 31.2. The van der Waals surface area contributed by atoms with Gasteiger partial charge in [0.05, 0.1) is 0 Å². The van der Waals surface area contributed by atoms with Gasteiger partial charge in [-0.15, -0.1) is 0 Å². The molecule has 13 nitrogen and oxygen atoms in total. The van der Waals surface area contributed by atoms with E-state index in [0.717, 1.165) is 5.56 Å². The number of fused-ring (bicyclic) bond motifs is 8. The first kappa shape index (κ1) is 39.2. The maximum Gasteiger partial charge on any atom is 0.234 e. The molecule has 8 bridgehead atoms. The molecule has 0 unspecified atom stereocenters. The highest BCUT2D eigenvalue weighted by Gasteiger charge is 2.28. The van der Waals surface area contributed by atoms with Gasteiger partial charge in [0, 0.05) is 25.7 Å². The first-order valence-corrected chi connectivity index (χ1v) is 21.2. The van der Waals surface area contributed by atoms with Crippen LogP contribution in [0.15, 0.2) is 48.5 Å². The smallest absolute Gasteiger partial charge is 0.234 e. The molecule has 0 fully saturated rings. The van der Waals surface area contributed by atoms with Crippen LogP contribution in [-0.4, -0.2) is 49.8 Å². The van der Waals surface area contributed by atoms with Gasteiger partial charge in [0.25, 0.3) is 0 Å². The summed E-state index contributed by atoms with van der Waals surface area (Å²) in [5, 5.41) is 46.4. The third kappa shape index (κ3) is 9.91. The van der Waals surface area contributed by atoms with Gasteiger partial charge in [-0.1, -0.05) is 32.9 Å². The van der Waals surface area contributed by atoms with E-state index >= 15 is 0 Å². The third-order valence-corrected chi connectivity index (χ3v) is 11.1. The van der Waals surface area contributed by atoms with Crippen molar-refractivity contribution >= 4 is 23.8 Å². The largest absolute Gasteiger partial charge is 0.632 e. The van der Waals surface area contributed by atoms with Crippen LogP contribution < -0.4 is 14.7 Å². The van der Waals surface area contributed by atoms with Gasteiger partial charge in [0.2, 0.25) is 23.8 Å². The van der Waals surface area contributed by atoms with E-state index in [-0.39, 0.29) is 98.8 Å². The number of benzene rings is 4. The molecule has 0 aliphatic heterocycles. The second-order valence-electron chi connectivity index (χ2n) is 14.4. The lowest BCUT2D eigenvalue weighted by Crippen LogP contribution is -2.13. The van der Waals surface area contributed by atoms with E-state index < -0.39 is 47.7 Å². The summed E-state index contributed by atoms with van der Waals surface area (Å²) in [4.78, 5) is 95.2. The Hall–Kier alpha value is -2.99. The zero-order chi connectivity index (χ0) is 37.8. The van der Waals surface area contributed by atoms with Gasteiger partial charge >= 0.3 is 0 Å². The van der Waals surface area contributed by atoms with Crippen molar-refractivity contribution in [3.8, 4) is 23.0 Å². The molecule has 0 amide bonds. The van der Waals surface area contributed by atoms with E-state index in [1.807, 2.05) is 20.8 Å². The van der Waals surface area contributed by atoms with Crippen molar-refractivity contribution in [3.63, 3.8) is 0 Å². The Kier molecular flexibility index (Phi) is 10.8. The van der Waals surface area contributed by atoms with E-state index in [9.17, 15) is 64.5 Å². The van der Waals surface area contributed by atoms with Crippen molar-refractivity contribution in [2.75, 3.05) is 0 Å². The van der Waals surface area contributed by atoms with E-state index in [1.54, 1.807) is 12.1 Å². The Morgan fingerprint density at radius 1 is 0.431 bits per heavy atom. The average Bonchev–Trinajstić information content (AvgIpc) is 2.94. The minimum absolute atomic E-state index is 0.101. The number of aromatic hydroxyl groups is 4. The summed E-state index contributed by atoms with van der Waals surface area (Å²) >= 11 is 0. The van der Waals surface area contributed by atoms with Crippen LogP contribution in [0.1, 0.15) is 87.5 Å². The quantitative estimate of drug-likeness (QED) is 0.111. The van der Waals surface area contributed by atoms with Gasteiger partial charge in [-0.3, -0.25) is 0 Å². The summed E-state index contributed by atoms with van der Waals surface area (Å²) in [7, 11) is -13.8. The molecule has 0 radical (unpaired) electrons. The lowest BCUT2D eigenvalue weighted by atomic mass is 9.82. The molecule has 0 atom stereocenters. The maximum absolute atomic E-state index is 12.1. The minimum atomic E-state index is -4.64. The number of phenols is 4. The second-order valence-corrected chi connectivity index (χ2v) is 19.3. The molecular weight excluding hydrogens is 721 g/mol. The van der Waals surface area contributed by atoms with E-state index in [0.29, 0.717) is 11.1 Å². The van der Waals surface area contributed by atoms with Crippen molar-refractivity contribution in [1.82, 2.24) is 0 Å². The van der Waals surface area contributed by atoms with Crippen LogP contribution in [-0.2, 0) is 49.6 Å². The predicted molar refractivity (Wildman–Crippen MR) is 188 cm³/mol. The Balaban J connectivity index is 1.84. The van der Waals surface area contributed by atoms with Crippen molar-refractivity contribution in [2.45, 2.75) is 70.4 Å². The first-order chi connectivity index (χ1) is 23.3. The van der Waals surface area contributed by atoms with Crippen LogP contribution in [0.25, 0.3) is 0 Å². The number of phenolic OH excluding ortho intramolecular Hbond substituents is 4. The molecule has 16 heteroatoms. The van der Waals surface area contributed by atoms with Crippen LogP contribution in [0.5, 0.6) is 23.0 Å². The van der Waals surface area contributed by atoms with E-state index in [2.05, 4.69) is 0 Å². The molecule has 5 rings (SSSR count). The van der Waals surface area contributed by atoms with Gasteiger partial charge < -0.3 is 35.1 Å². The molecule has 10 N–H and O–H groups in total. The van der Waals surface area contributed by atoms with E-state index in [1.165, 1.54) is 36.4 Å². The molecule has 274 valence electrons. The van der Waals surface area contributed by atoms with Crippen molar-refractivity contribution < 1.29 is 64.5 Å². The van der Waals surface area contributed by atoms with Gasteiger partial charge in [-0.05, 0) is 109 Å². The summed E-state index contributed by atoms with van der Waals surface area (Å²) in [5.74, 6) is -1.07. The van der Waals surface area contributed by atoms with Crippen LogP contribution in [0, 0.1) is 0 Å². The zero-order valence-electron chi connectivity index (χ0n) is 28.1. The number of rotatable bonds is 6. The normalized spacial score (nSPS) is 14.1. The van der Waals surface area contributed by atoms with Gasteiger partial charge in [-0.25, -0.2) is 29.4 Å². The Bertz CT molecular complexity index is 1850. The second kappa shape index (κ2) is 14.1. The topological polar surface area (TPSA) is 271 Å². The van der Waals surface area contributed by atoms with Gasteiger partial charge in [0.1, 0.15) is 41.5 Å². The fourth-order valence-corrected chi connectivity index (χ4v) is 8.55. The predicted octanol–water partition coefficient (Wildman–Crippen LogP) is 2.31. The highest BCUT2D eigenvalue weighted by Crippen LogP contribution is 2.48. The van der Waals surface area contributed by atoms with Gasteiger partial charge in [0.15, 0.2) is 0 Å². The fraction of sp³-hybridized carbons (Fsp3) is 0.314. The fourth-order valence-electron chi connectivity index (χ4n) is 6.58. The summed E-state index contributed by atoms with van der Waals surface area (Å²) in [6.07, 6.45) is -2.79. The summed E-state index contributed by atoms with van der Waals surface area (Å²) in [6.45, 7) is 5.85. The minimum Gasteiger partial charge on any atom is -0.632 e. The molecule has 0 saturated carbocycles. The summed E-state index contributed by atoms with van der Waals surface area (Å²) < 4.78 is 0.